The molecule has 0 aromatic rings. The van der Waals surface area contributed by atoms with Gasteiger partial charge < -0.3 is 5.32 Å². The molecule has 2 aliphatic rings. The molecule has 128 valence electrons. The number of halogens is 3. The molecular weight excluding hydrogens is 319 g/mol. The van der Waals surface area contributed by atoms with Crippen LogP contribution in [0.1, 0.15) is 44.9 Å². The van der Waals surface area contributed by atoms with Crippen molar-refractivity contribution in [3.8, 4) is 0 Å². The Hall–Kier alpha value is -0.790. The normalized spacial score (nSPS) is 28.2. The summed E-state index contributed by atoms with van der Waals surface area (Å²) in [5, 5.41) is 2.50. The van der Waals surface area contributed by atoms with Gasteiger partial charge in [0.2, 0.25) is 5.91 Å². The van der Waals surface area contributed by atoms with E-state index in [-0.39, 0.29) is 18.6 Å². The molecule has 2 atom stereocenters. The lowest BCUT2D eigenvalue weighted by Crippen LogP contribution is -2.48. The predicted molar refractivity (Wildman–Crippen MR) is 75.9 cm³/mol. The molecular formula is C14H22F3NO3S. The van der Waals surface area contributed by atoms with Crippen LogP contribution in [-0.2, 0) is 14.6 Å². The molecule has 0 aromatic carbocycles. The van der Waals surface area contributed by atoms with Crippen molar-refractivity contribution >= 4 is 15.7 Å². The van der Waals surface area contributed by atoms with E-state index in [1.807, 2.05) is 0 Å². The van der Waals surface area contributed by atoms with Gasteiger partial charge >= 0.3 is 6.18 Å². The van der Waals surface area contributed by atoms with Crippen LogP contribution in [0.25, 0.3) is 0 Å². The molecule has 2 rings (SSSR count). The quantitative estimate of drug-likeness (QED) is 0.835. The van der Waals surface area contributed by atoms with Crippen LogP contribution in [0, 0.1) is 11.3 Å². The van der Waals surface area contributed by atoms with E-state index in [9.17, 15) is 26.4 Å². The maximum atomic E-state index is 13.0. The van der Waals surface area contributed by atoms with Gasteiger partial charge in [-0.25, -0.2) is 8.42 Å². The summed E-state index contributed by atoms with van der Waals surface area (Å²) in [6.45, 7) is 0. The molecule has 1 N–H and O–H groups in total. The minimum atomic E-state index is -4.30. The van der Waals surface area contributed by atoms with Crippen molar-refractivity contribution in [1.29, 1.82) is 0 Å². The molecule has 0 spiro atoms. The van der Waals surface area contributed by atoms with Gasteiger partial charge in [0.05, 0.1) is 11.7 Å². The van der Waals surface area contributed by atoms with E-state index in [1.165, 1.54) is 0 Å². The molecule has 2 fully saturated rings. The van der Waals surface area contributed by atoms with Crippen molar-refractivity contribution in [2.75, 3.05) is 12.0 Å². The Morgan fingerprint density at radius 1 is 1.23 bits per heavy atom. The van der Waals surface area contributed by atoms with E-state index >= 15 is 0 Å². The van der Waals surface area contributed by atoms with Crippen LogP contribution in [0.15, 0.2) is 0 Å². The van der Waals surface area contributed by atoms with Crippen LogP contribution < -0.4 is 5.32 Å². The number of alkyl halides is 3. The summed E-state index contributed by atoms with van der Waals surface area (Å²) in [4.78, 5) is 12.1. The van der Waals surface area contributed by atoms with Gasteiger partial charge in [-0.15, -0.1) is 0 Å². The summed E-state index contributed by atoms with van der Waals surface area (Å²) < 4.78 is 61.7. The fraction of sp³-hybridized carbons (Fsp3) is 0.929. The van der Waals surface area contributed by atoms with E-state index in [1.54, 1.807) is 0 Å². The monoisotopic (exact) mass is 341 g/mol. The highest BCUT2D eigenvalue weighted by molar-refractivity contribution is 7.90. The zero-order valence-corrected chi connectivity index (χ0v) is 13.4. The minimum Gasteiger partial charge on any atom is -0.353 e. The SMILES string of the molecule is CS(=O)(=O)CC1(CC(=O)N[C@H]2CCCC[C@@H]2C(F)(F)F)CC1. The van der Waals surface area contributed by atoms with Crippen molar-refractivity contribution in [3.05, 3.63) is 0 Å². The Morgan fingerprint density at radius 3 is 2.32 bits per heavy atom. The average Bonchev–Trinajstić information content (AvgIpc) is 3.04. The third-order valence-electron chi connectivity index (χ3n) is 4.59. The first-order chi connectivity index (χ1) is 10.0. The summed E-state index contributed by atoms with van der Waals surface area (Å²) in [5.41, 5.74) is -0.555. The lowest BCUT2D eigenvalue weighted by molar-refractivity contribution is -0.189. The molecule has 1 amide bonds. The largest absolute Gasteiger partial charge is 0.393 e. The molecule has 4 nitrogen and oxygen atoms in total. The molecule has 0 bridgehead atoms. The Kier molecular flexibility index (Phi) is 4.80. The van der Waals surface area contributed by atoms with Crippen LogP contribution in [0.2, 0.25) is 0 Å². The summed E-state index contributed by atoms with van der Waals surface area (Å²) in [6, 6.07) is -0.879. The van der Waals surface area contributed by atoms with Gasteiger partial charge in [0, 0.05) is 18.7 Å². The van der Waals surface area contributed by atoms with Gasteiger partial charge in [-0.2, -0.15) is 13.2 Å². The number of nitrogens with one attached hydrogen (secondary N) is 1. The number of hydrogen-bond acceptors (Lipinski definition) is 3. The molecule has 0 unspecified atom stereocenters. The number of amides is 1. The highest BCUT2D eigenvalue weighted by Gasteiger charge is 2.49. The second kappa shape index (κ2) is 6.02. The highest BCUT2D eigenvalue weighted by atomic mass is 32.2. The van der Waals surface area contributed by atoms with Crippen LogP contribution in [0.5, 0.6) is 0 Å². The Morgan fingerprint density at radius 2 is 1.82 bits per heavy atom. The zero-order valence-electron chi connectivity index (χ0n) is 12.6. The van der Waals surface area contributed by atoms with E-state index in [4.69, 9.17) is 0 Å². The summed E-state index contributed by atoms with van der Waals surface area (Å²) in [6.07, 6.45) is -0.338. The number of sulfone groups is 1. The van der Waals surface area contributed by atoms with Crippen molar-refractivity contribution in [1.82, 2.24) is 5.32 Å². The van der Waals surface area contributed by atoms with E-state index in [2.05, 4.69) is 5.32 Å². The molecule has 8 heteroatoms. The van der Waals surface area contributed by atoms with Crippen molar-refractivity contribution < 1.29 is 26.4 Å². The van der Waals surface area contributed by atoms with E-state index in [0.29, 0.717) is 32.1 Å². The number of carbonyl (C=O) groups excluding carboxylic acids is 1. The number of rotatable bonds is 5. The third kappa shape index (κ3) is 4.86. The van der Waals surface area contributed by atoms with Crippen molar-refractivity contribution in [3.63, 3.8) is 0 Å². The molecule has 0 heterocycles. The molecule has 0 aromatic heterocycles. The first-order valence-electron chi connectivity index (χ1n) is 7.55. The fourth-order valence-electron chi connectivity index (χ4n) is 3.40. The van der Waals surface area contributed by atoms with E-state index in [0.717, 1.165) is 6.26 Å². The molecule has 2 saturated carbocycles. The maximum absolute atomic E-state index is 13.0. The van der Waals surface area contributed by atoms with Crippen LogP contribution in [0.4, 0.5) is 13.2 Å². The number of hydrogen-bond donors (Lipinski definition) is 1. The van der Waals surface area contributed by atoms with Crippen molar-refractivity contribution in [2.24, 2.45) is 11.3 Å². The molecule has 2 aliphatic carbocycles. The van der Waals surface area contributed by atoms with Crippen molar-refractivity contribution in [2.45, 2.75) is 57.2 Å². The summed E-state index contributed by atoms with van der Waals surface area (Å²) in [7, 11) is -3.19. The van der Waals surface area contributed by atoms with Crippen LogP contribution in [-0.4, -0.2) is 38.6 Å². The fourth-order valence-corrected chi connectivity index (χ4v) is 4.90. The summed E-state index contributed by atoms with van der Waals surface area (Å²) >= 11 is 0. The average molecular weight is 341 g/mol. The van der Waals surface area contributed by atoms with Gasteiger partial charge in [0.15, 0.2) is 0 Å². The molecule has 0 saturated heterocycles. The standard InChI is InChI=1S/C14H22F3NO3S/c1-22(20,21)9-13(6-7-13)8-12(19)18-11-5-3-2-4-10(11)14(15,16)17/h10-11H,2-9H2,1H3,(H,18,19)/t10-,11-/m0/s1. The third-order valence-corrected chi connectivity index (χ3v) is 5.73. The predicted octanol–water partition coefficient (Wildman–Crippen LogP) is 2.44. The minimum absolute atomic E-state index is 0.00114. The first kappa shape index (κ1) is 17.6. The van der Waals surface area contributed by atoms with E-state index < -0.39 is 39.3 Å². The lowest BCUT2D eigenvalue weighted by atomic mass is 9.83. The second-order valence-corrected chi connectivity index (χ2v) is 8.99. The zero-order chi connectivity index (χ0) is 16.6. The van der Waals surface area contributed by atoms with Gasteiger partial charge in [-0.1, -0.05) is 12.8 Å². The van der Waals surface area contributed by atoms with Gasteiger partial charge in [0.25, 0.3) is 0 Å². The Balaban J connectivity index is 1.93. The van der Waals surface area contributed by atoms with Gasteiger partial charge in [-0.05, 0) is 31.1 Å². The lowest BCUT2D eigenvalue weighted by Gasteiger charge is -2.33. The van der Waals surface area contributed by atoms with Crippen LogP contribution >= 0.6 is 0 Å². The molecule has 22 heavy (non-hydrogen) atoms. The smallest absolute Gasteiger partial charge is 0.353 e. The molecule has 0 radical (unpaired) electrons. The topological polar surface area (TPSA) is 63.2 Å². The van der Waals surface area contributed by atoms with Gasteiger partial charge in [0.1, 0.15) is 9.84 Å². The second-order valence-electron chi connectivity index (χ2n) is 6.85. The molecule has 0 aliphatic heterocycles. The first-order valence-corrected chi connectivity index (χ1v) is 9.61. The maximum Gasteiger partial charge on any atom is 0.393 e. The Labute approximate surface area is 128 Å². The number of carbonyl (C=O) groups is 1. The van der Waals surface area contributed by atoms with Crippen LogP contribution in [0.3, 0.4) is 0 Å². The summed E-state index contributed by atoms with van der Waals surface area (Å²) in [5.74, 6) is -2.02. The van der Waals surface area contributed by atoms with Gasteiger partial charge in [-0.3, -0.25) is 4.79 Å². The highest BCUT2D eigenvalue weighted by Crippen LogP contribution is 2.50. The Bertz CT molecular complexity index is 526.